The number of ether oxygens (including phenoxy) is 8. The van der Waals surface area contributed by atoms with E-state index in [4.69, 9.17) is 37.9 Å². The van der Waals surface area contributed by atoms with Gasteiger partial charge >= 0.3 is 0 Å². The molecular weight excluding hydrogens is 608 g/mol. The predicted octanol–water partition coefficient (Wildman–Crippen LogP) is -8.46. The second kappa shape index (κ2) is 15.4. The number of aliphatic hydroxyl groups is 12. The molecule has 0 aromatic carbocycles. The van der Waals surface area contributed by atoms with Gasteiger partial charge in [-0.2, -0.15) is 0 Å². The van der Waals surface area contributed by atoms with Crippen LogP contribution >= 0.6 is 0 Å². The van der Waals surface area contributed by atoms with Crippen LogP contribution in [-0.4, -0.2) is 212 Å². The molecule has 0 unspecified atom stereocenters. The van der Waals surface area contributed by atoms with E-state index >= 15 is 0 Å². The molecule has 4 aliphatic heterocycles. The molecule has 4 aliphatic rings. The van der Waals surface area contributed by atoms with E-state index in [9.17, 15) is 61.3 Å². The van der Waals surface area contributed by atoms with Crippen LogP contribution in [0.1, 0.15) is 0 Å². The molecule has 44 heavy (non-hydrogen) atoms. The van der Waals surface area contributed by atoms with Crippen LogP contribution in [0.15, 0.2) is 0 Å². The van der Waals surface area contributed by atoms with Gasteiger partial charge in [0.15, 0.2) is 25.2 Å². The van der Waals surface area contributed by atoms with E-state index in [1.165, 1.54) is 7.11 Å². The molecule has 4 fully saturated rings. The highest BCUT2D eigenvalue weighted by molar-refractivity contribution is 4.96. The van der Waals surface area contributed by atoms with E-state index in [-0.39, 0.29) is 0 Å². The van der Waals surface area contributed by atoms with Crippen LogP contribution < -0.4 is 0 Å². The zero-order chi connectivity index (χ0) is 32.5. The maximum Gasteiger partial charge on any atom is 0.187 e. The van der Waals surface area contributed by atoms with Crippen LogP contribution in [0.4, 0.5) is 0 Å². The van der Waals surface area contributed by atoms with Gasteiger partial charge in [0.25, 0.3) is 0 Å². The topological polar surface area (TPSA) is 317 Å². The van der Waals surface area contributed by atoms with Gasteiger partial charge in [-0.15, -0.1) is 0 Å². The fraction of sp³-hybridized carbons (Fsp3) is 1.00. The minimum Gasteiger partial charge on any atom is -0.394 e. The van der Waals surface area contributed by atoms with Gasteiger partial charge in [-0.3, -0.25) is 0 Å². The van der Waals surface area contributed by atoms with Crippen molar-refractivity contribution in [3.63, 3.8) is 0 Å². The van der Waals surface area contributed by atoms with Crippen LogP contribution in [0.25, 0.3) is 0 Å². The Labute approximate surface area is 250 Å². The molecule has 0 bridgehead atoms. The summed E-state index contributed by atoms with van der Waals surface area (Å²) in [5.41, 5.74) is 0. The average molecular weight is 651 g/mol. The molecule has 20 nitrogen and oxygen atoms in total. The molecular formula is C24H42O20. The first-order valence-corrected chi connectivity index (χ1v) is 13.9. The smallest absolute Gasteiger partial charge is 0.187 e. The summed E-state index contributed by atoms with van der Waals surface area (Å²) in [5, 5.41) is 123. The lowest BCUT2D eigenvalue weighted by Crippen LogP contribution is -2.66. The van der Waals surface area contributed by atoms with Crippen LogP contribution in [0, 0.1) is 0 Å². The third-order valence-electron chi connectivity index (χ3n) is 8.04. The normalized spacial score (nSPS) is 52.2. The summed E-state index contributed by atoms with van der Waals surface area (Å²) in [7, 11) is 1.17. The average Bonchev–Trinajstić information content (AvgIpc) is 3.00. The number of hydrogen-bond acceptors (Lipinski definition) is 20. The fourth-order valence-electron chi connectivity index (χ4n) is 5.39. The quantitative estimate of drug-likeness (QED) is 0.104. The number of rotatable bonds is 10. The van der Waals surface area contributed by atoms with Crippen molar-refractivity contribution in [2.24, 2.45) is 0 Å². The fourth-order valence-corrected chi connectivity index (χ4v) is 5.39. The molecule has 0 saturated carbocycles. The Morgan fingerprint density at radius 2 is 1.11 bits per heavy atom. The van der Waals surface area contributed by atoms with Crippen molar-refractivity contribution in [2.75, 3.05) is 33.5 Å². The highest BCUT2D eigenvalue weighted by atomic mass is 16.8. The molecule has 0 aromatic rings. The summed E-state index contributed by atoms with van der Waals surface area (Å²) in [5.74, 6) is 0. The van der Waals surface area contributed by atoms with Crippen molar-refractivity contribution in [3.8, 4) is 0 Å². The molecule has 20 heteroatoms. The van der Waals surface area contributed by atoms with E-state index in [0.29, 0.717) is 0 Å². The number of aliphatic hydroxyl groups excluding tert-OH is 12. The minimum atomic E-state index is -2.01. The molecule has 0 aliphatic carbocycles. The summed E-state index contributed by atoms with van der Waals surface area (Å²) in [6, 6.07) is 0. The van der Waals surface area contributed by atoms with Gasteiger partial charge < -0.3 is 99.2 Å². The maximum absolute atomic E-state index is 11.3. The van der Waals surface area contributed by atoms with Crippen LogP contribution in [0.3, 0.4) is 0 Å². The van der Waals surface area contributed by atoms with Crippen LogP contribution in [0.5, 0.6) is 0 Å². The molecule has 0 spiro atoms. The molecule has 19 atom stereocenters. The van der Waals surface area contributed by atoms with E-state index in [1.807, 2.05) is 0 Å². The Morgan fingerprint density at radius 3 is 1.75 bits per heavy atom. The molecule has 258 valence electrons. The first kappa shape index (κ1) is 36.0. The molecule has 0 radical (unpaired) electrons. The number of hydrogen-bond donors (Lipinski definition) is 12. The highest BCUT2D eigenvalue weighted by Crippen LogP contribution is 2.33. The molecule has 4 rings (SSSR count). The molecule has 0 amide bonds. The van der Waals surface area contributed by atoms with Crippen molar-refractivity contribution in [3.05, 3.63) is 0 Å². The Kier molecular flexibility index (Phi) is 12.6. The lowest BCUT2D eigenvalue weighted by Gasteiger charge is -2.48. The van der Waals surface area contributed by atoms with Crippen molar-refractivity contribution in [1.29, 1.82) is 0 Å². The third-order valence-corrected chi connectivity index (χ3v) is 8.04. The van der Waals surface area contributed by atoms with Gasteiger partial charge in [-0.1, -0.05) is 0 Å². The summed E-state index contributed by atoms with van der Waals surface area (Å²) in [6.45, 7) is -2.62. The maximum atomic E-state index is 11.3. The zero-order valence-corrected chi connectivity index (χ0v) is 23.4. The van der Waals surface area contributed by atoms with Gasteiger partial charge in [0, 0.05) is 7.11 Å². The van der Waals surface area contributed by atoms with E-state index < -0.39 is 143 Å². The van der Waals surface area contributed by atoms with Crippen LogP contribution in [0.2, 0.25) is 0 Å². The molecule has 12 N–H and O–H groups in total. The molecule has 4 saturated heterocycles. The van der Waals surface area contributed by atoms with E-state index in [0.717, 1.165) is 0 Å². The van der Waals surface area contributed by atoms with Crippen molar-refractivity contribution >= 4 is 0 Å². The van der Waals surface area contributed by atoms with Crippen molar-refractivity contribution < 1.29 is 99.2 Å². The Bertz CT molecular complexity index is 885. The first-order valence-electron chi connectivity index (χ1n) is 13.9. The van der Waals surface area contributed by atoms with E-state index in [1.54, 1.807) is 0 Å². The van der Waals surface area contributed by atoms with Gasteiger partial charge in [0.05, 0.1) is 26.4 Å². The Balaban J connectivity index is 1.54. The summed E-state index contributed by atoms with van der Waals surface area (Å²) < 4.78 is 43.3. The van der Waals surface area contributed by atoms with Gasteiger partial charge in [0.1, 0.15) is 91.6 Å². The third kappa shape index (κ3) is 7.35. The predicted molar refractivity (Wildman–Crippen MR) is 133 cm³/mol. The molecule has 0 aromatic heterocycles. The largest absolute Gasteiger partial charge is 0.394 e. The summed E-state index contributed by atoms with van der Waals surface area (Å²) in [4.78, 5) is 0. The lowest BCUT2D eigenvalue weighted by atomic mass is 9.96. The Morgan fingerprint density at radius 1 is 0.545 bits per heavy atom. The Hall–Kier alpha value is -0.800. The second-order valence-electron chi connectivity index (χ2n) is 10.9. The summed E-state index contributed by atoms with van der Waals surface area (Å²) in [6.07, 6.45) is -31.3. The van der Waals surface area contributed by atoms with Gasteiger partial charge in [0.2, 0.25) is 0 Å². The second-order valence-corrected chi connectivity index (χ2v) is 10.9. The summed E-state index contributed by atoms with van der Waals surface area (Å²) >= 11 is 0. The standard InChI is InChI=1S/C24H42O20/c1-37-18-12(30)8(3-26)42-24(17(18)35)43-19-13(31)9(5-39-22-16(34)14(32)11(29)7(2-25)41-22)40-21(36)20(19)44-23-15(33)10(28)6(27)4-38-23/h6-36H,2-5H2,1H3/t6-,7-,8-,9-,10+,11-,12-,13-,14+,15-,16+,17+,18+,19+,20+,21-,22+,23+,24-/m1/s1. The lowest BCUT2D eigenvalue weighted by molar-refractivity contribution is -0.386. The minimum absolute atomic E-state index is 0.480. The van der Waals surface area contributed by atoms with Crippen molar-refractivity contribution in [1.82, 2.24) is 0 Å². The SMILES string of the molecule is CO[C@@H]1[C@H](O)[C@@H](O[C@H]2[C@H](O)[C@@H](CO[C@H]3O[C@H](CO)[C@@H](O)[C@H](O)[C@@H]3O)O[C@@H](O)[C@H]2O[C@@H]2OC[C@@H](O)[C@H](O)[C@H]2O)O[C@H](CO)[C@H]1O. The zero-order valence-electron chi connectivity index (χ0n) is 23.4. The monoisotopic (exact) mass is 650 g/mol. The first-order chi connectivity index (χ1) is 20.8. The highest BCUT2D eigenvalue weighted by Gasteiger charge is 2.54. The molecule has 4 heterocycles. The van der Waals surface area contributed by atoms with Crippen LogP contribution in [-0.2, 0) is 37.9 Å². The van der Waals surface area contributed by atoms with E-state index in [2.05, 4.69) is 0 Å². The van der Waals surface area contributed by atoms with Gasteiger partial charge in [-0.25, -0.2) is 0 Å². The number of methoxy groups -OCH3 is 1. The van der Waals surface area contributed by atoms with Gasteiger partial charge in [-0.05, 0) is 0 Å². The van der Waals surface area contributed by atoms with Crippen molar-refractivity contribution in [2.45, 2.75) is 117 Å².